The third kappa shape index (κ3) is 8.79. The standard InChI is InChI=1S/C14H23NO.3CH4/c1-3-12(2)14-6-4-13(5-7-14)8-10-16-11-9-15;;;/h4-7,12H,3,8-11,15H2,1-2H3;3*1H4. The van der Waals surface area contributed by atoms with Gasteiger partial charge >= 0.3 is 0 Å². The number of hydrogen-bond acceptors (Lipinski definition) is 2. The van der Waals surface area contributed by atoms with E-state index in [0.717, 1.165) is 13.0 Å². The van der Waals surface area contributed by atoms with Gasteiger partial charge in [-0.25, -0.2) is 0 Å². The number of nitrogens with two attached hydrogens (primary N) is 1. The summed E-state index contributed by atoms with van der Waals surface area (Å²) in [5, 5.41) is 0. The highest BCUT2D eigenvalue weighted by Gasteiger charge is 2.02. The minimum Gasteiger partial charge on any atom is -0.380 e. The van der Waals surface area contributed by atoms with Crippen LogP contribution in [-0.2, 0) is 11.2 Å². The molecule has 1 aromatic carbocycles. The average Bonchev–Trinajstić information content (AvgIpc) is 2.34. The molecule has 2 heteroatoms. The Labute approximate surface area is 121 Å². The van der Waals surface area contributed by atoms with Crippen LogP contribution in [0.15, 0.2) is 24.3 Å². The molecule has 0 saturated heterocycles. The van der Waals surface area contributed by atoms with E-state index in [0.29, 0.717) is 19.1 Å². The fourth-order valence-electron chi connectivity index (χ4n) is 1.62. The van der Waals surface area contributed by atoms with Gasteiger partial charge in [-0.1, -0.05) is 60.4 Å². The van der Waals surface area contributed by atoms with Crippen LogP contribution in [-0.4, -0.2) is 19.8 Å². The number of ether oxygens (including phenoxy) is 1. The predicted molar refractivity (Wildman–Crippen MR) is 88.9 cm³/mol. The van der Waals surface area contributed by atoms with Gasteiger partial charge in [0.05, 0.1) is 13.2 Å². The molecule has 0 saturated carbocycles. The molecule has 1 rings (SSSR count). The number of benzene rings is 1. The fraction of sp³-hybridized carbons (Fsp3) is 0.647. The molecule has 114 valence electrons. The van der Waals surface area contributed by atoms with Crippen LogP contribution in [0.1, 0.15) is 59.6 Å². The Hall–Kier alpha value is -0.860. The Morgan fingerprint density at radius 1 is 1.05 bits per heavy atom. The third-order valence-corrected chi connectivity index (χ3v) is 2.96. The zero-order valence-electron chi connectivity index (χ0n) is 10.4. The Bertz CT molecular complexity index is 282. The predicted octanol–water partition coefficient (Wildman–Crippen LogP) is 4.63. The summed E-state index contributed by atoms with van der Waals surface area (Å²) in [7, 11) is 0. The van der Waals surface area contributed by atoms with Gasteiger partial charge in [0, 0.05) is 6.54 Å². The molecular formula is C17H35NO. The van der Waals surface area contributed by atoms with Crippen LogP contribution >= 0.6 is 0 Å². The molecule has 19 heavy (non-hydrogen) atoms. The second-order valence-corrected chi connectivity index (χ2v) is 4.20. The van der Waals surface area contributed by atoms with E-state index in [1.165, 1.54) is 17.5 Å². The SMILES string of the molecule is C.C.C.CCC(C)c1ccc(CCOCCN)cc1. The van der Waals surface area contributed by atoms with Crippen LogP contribution in [0.5, 0.6) is 0 Å². The van der Waals surface area contributed by atoms with Crippen molar-refractivity contribution in [2.24, 2.45) is 5.73 Å². The molecule has 2 nitrogen and oxygen atoms in total. The molecule has 1 aromatic rings. The molecule has 0 fully saturated rings. The zero-order valence-corrected chi connectivity index (χ0v) is 10.4. The molecule has 1 atom stereocenters. The van der Waals surface area contributed by atoms with Crippen molar-refractivity contribution >= 4 is 0 Å². The first kappa shape index (κ1) is 23.2. The maximum atomic E-state index is 5.36. The van der Waals surface area contributed by atoms with Crippen LogP contribution in [0, 0.1) is 0 Å². The van der Waals surface area contributed by atoms with Crippen LogP contribution < -0.4 is 5.73 Å². The molecule has 0 spiro atoms. The summed E-state index contributed by atoms with van der Waals surface area (Å²) in [6, 6.07) is 8.86. The molecule has 0 amide bonds. The van der Waals surface area contributed by atoms with E-state index >= 15 is 0 Å². The van der Waals surface area contributed by atoms with E-state index in [1.54, 1.807) is 0 Å². The van der Waals surface area contributed by atoms with Crippen molar-refractivity contribution in [3.8, 4) is 0 Å². The lowest BCUT2D eigenvalue weighted by Crippen LogP contribution is -2.10. The first-order valence-electron chi connectivity index (χ1n) is 6.14. The minimum absolute atomic E-state index is 0. The number of rotatable bonds is 7. The van der Waals surface area contributed by atoms with E-state index in [-0.39, 0.29) is 22.3 Å². The highest BCUT2D eigenvalue weighted by Crippen LogP contribution is 2.18. The van der Waals surface area contributed by atoms with Gasteiger partial charge in [0.25, 0.3) is 0 Å². The highest BCUT2D eigenvalue weighted by atomic mass is 16.5. The maximum Gasteiger partial charge on any atom is 0.0588 e. The lowest BCUT2D eigenvalue weighted by Gasteiger charge is -2.09. The topological polar surface area (TPSA) is 35.2 Å². The molecule has 0 aromatic heterocycles. The summed E-state index contributed by atoms with van der Waals surface area (Å²) in [4.78, 5) is 0. The van der Waals surface area contributed by atoms with Gasteiger partial charge in [-0.15, -0.1) is 0 Å². The molecule has 0 aliphatic rings. The van der Waals surface area contributed by atoms with E-state index < -0.39 is 0 Å². The second kappa shape index (κ2) is 13.6. The zero-order chi connectivity index (χ0) is 11.8. The van der Waals surface area contributed by atoms with E-state index in [4.69, 9.17) is 10.5 Å². The minimum atomic E-state index is 0. The Balaban J connectivity index is -0.000000853. The average molecular weight is 269 g/mol. The van der Waals surface area contributed by atoms with Crippen LogP contribution in [0.3, 0.4) is 0 Å². The van der Waals surface area contributed by atoms with Crippen LogP contribution in [0.4, 0.5) is 0 Å². The second-order valence-electron chi connectivity index (χ2n) is 4.20. The van der Waals surface area contributed by atoms with Crippen molar-refractivity contribution in [2.45, 2.75) is 54.9 Å². The lowest BCUT2D eigenvalue weighted by molar-refractivity contribution is 0.145. The van der Waals surface area contributed by atoms with Crippen molar-refractivity contribution in [3.05, 3.63) is 35.4 Å². The van der Waals surface area contributed by atoms with Crippen molar-refractivity contribution in [2.75, 3.05) is 19.8 Å². The third-order valence-electron chi connectivity index (χ3n) is 2.96. The molecule has 0 bridgehead atoms. The largest absolute Gasteiger partial charge is 0.380 e. The Morgan fingerprint density at radius 2 is 1.63 bits per heavy atom. The van der Waals surface area contributed by atoms with Crippen molar-refractivity contribution in [3.63, 3.8) is 0 Å². The van der Waals surface area contributed by atoms with Crippen molar-refractivity contribution in [1.29, 1.82) is 0 Å². The molecule has 0 aliphatic heterocycles. The first-order chi connectivity index (χ1) is 7.77. The van der Waals surface area contributed by atoms with Gasteiger partial charge in [0.15, 0.2) is 0 Å². The van der Waals surface area contributed by atoms with Gasteiger partial charge in [0.2, 0.25) is 0 Å². The molecule has 2 N–H and O–H groups in total. The molecular weight excluding hydrogens is 234 g/mol. The molecule has 1 unspecified atom stereocenters. The summed E-state index contributed by atoms with van der Waals surface area (Å²) < 4.78 is 5.36. The van der Waals surface area contributed by atoms with Crippen LogP contribution in [0.25, 0.3) is 0 Å². The van der Waals surface area contributed by atoms with Gasteiger partial charge in [0.1, 0.15) is 0 Å². The van der Waals surface area contributed by atoms with Gasteiger partial charge in [-0.05, 0) is 29.9 Å². The van der Waals surface area contributed by atoms with E-state index in [2.05, 4.69) is 38.1 Å². The molecule has 0 radical (unpaired) electrons. The van der Waals surface area contributed by atoms with Crippen molar-refractivity contribution in [1.82, 2.24) is 0 Å². The Morgan fingerprint density at radius 3 is 2.11 bits per heavy atom. The summed E-state index contributed by atoms with van der Waals surface area (Å²) in [6.07, 6.45) is 2.17. The summed E-state index contributed by atoms with van der Waals surface area (Å²) in [5.74, 6) is 0.655. The quantitative estimate of drug-likeness (QED) is 0.733. The monoisotopic (exact) mass is 269 g/mol. The first-order valence-corrected chi connectivity index (χ1v) is 6.14. The molecule has 0 heterocycles. The van der Waals surface area contributed by atoms with Gasteiger partial charge < -0.3 is 10.5 Å². The smallest absolute Gasteiger partial charge is 0.0588 e. The summed E-state index contributed by atoms with van der Waals surface area (Å²) in [6.45, 7) is 6.51. The highest BCUT2D eigenvalue weighted by molar-refractivity contribution is 5.25. The molecule has 0 aliphatic carbocycles. The van der Waals surface area contributed by atoms with E-state index in [1.807, 2.05) is 0 Å². The summed E-state index contributed by atoms with van der Waals surface area (Å²) >= 11 is 0. The van der Waals surface area contributed by atoms with E-state index in [9.17, 15) is 0 Å². The van der Waals surface area contributed by atoms with Gasteiger partial charge in [-0.3, -0.25) is 0 Å². The lowest BCUT2D eigenvalue weighted by atomic mass is 9.97. The maximum absolute atomic E-state index is 5.36. The van der Waals surface area contributed by atoms with Gasteiger partial charge in [-0.2, -0.15) is 0 Å². The Kier molecular flexibility index (Phi) is 16.6. The van der Waals surface area contributed by atoms with Crippen LogP contribution in [0.2, 0.25) is 0 Å². The summed E-state index contributed by atoms with van der Waals surface area (Å²) in [5.41, 5.74) is 8.11. The fourth-order valence-corrected chi connectivity index (χ4v) is 1.62. The number of hydrogen-bond donors (Lipinski definition) is 1. The van der Waals surface area contributed by atoms with Crippen molar-refractivity contribution < 1.29 is 4.74 Å². The normalized spacial score (nSPS) is 10.7.